The molecule has 5 nitrogen and oxygen atoms in total. The molecule has 1 aromatic heterocycles. The molecule has 0 aliphatic heterocycles. The van der Waals surface area contributed by atoms with Gasteiger partial charge in [-0.2, -0.15) is 0 Å². The van der Waals surface area contributed by atoms with Gasteiger partial charge in [0.15, 0.2) is 0 Å². The van der Waals surface area contributed by atoms with Crippen LogP contribution in [0.4, 0.5) is 0 Å². The first-order chi connectivity index (χ1) is 7.45. The third-order valence-corrected chi connectivity index (χ3v) is 2.31. The van der Waals surface area contributed by atoms with Crippen LogP contribution in [-0.2, 0) is 9.53 Å². The number of aryl methyl sites for hydroxylation is 1. The lowest BCUT2D eigenvalue weighted by Gasteiger charge is -2.03. The second-order valence-corrected chi connectivity index (χ2v) is 3.61. The van der Waals surface area contributed by atoms with Crippen LogP contribution in [0.3, 0.4) is 0 Å². The molecule has 0 radical (unpaired) electrons. The quantitative estimate of drug-likeness (QED) is 0.794. The molecule has 0 spiro atoms. The number of methoxy groups -OCH3 is 1. The van der Waals surface area contributed by atoms with E-state index in [1.54, 1.807) is 13.8 Å². The minimum atomic E-state index is -0.902. The number of hydrogen-bond acceptors (Lipinski definition) is 4. The molecule has 0 saturated carbocycles. The van der Waals surface area contributed by atoms with Crippen LogP contribution in [0.1, 0.15) is 41.1 Å². The third kappa shape index (κ3) is 2.62. The van der Waals surface area contributed by atoms with Crippen molar-refractivity contribution in [3.8, 4) is 0 Å². The number of esters is 1. The topological polar surface area (TPSA) is 76.7 Å². The highest BCUT2D eigenvalue weighted by Gasteiger charge is 2.20. The predicted octanol–water partition coefficient (Wildman–Crippen LogP) is 1.95. The molecule has 0 fully saturated rings. The summed E-state index contributed by atoms with van der Waals surface area (Å²) in [5.41, 5.74) is 0.342. The van der Waals surface area contributed by atoms with Crippen molar-refractivity contribution >= 4 is 11.9 Å². The first-order valence-corrected chi connectivity index (χ1v) is 4.86. The van der Waals surface area contributed by atoms with Gasteiger partial charge in [-0.1, -0.05) is 6.92 Å². The smallest absolute Gasteiger partial charge is 0.341 e. The van der Waals surface area contributed by atoms with Crippen LogP contribution in [0, 0.1) is 6.92 Å². The molecule has 0 bridgehead atoms. The Balaban J connectivity index is 2.91. The van der Waals surface area contributed by atoms with Gasteiger partial charge in [0, 0.05) is 5.92 Å². The van der Waals surface area contributed by atoms with Crippen molar-refractivity contribution in [3.63, 3.8) is 0 Å². The van der Waals surface area contributed by atoms with Gasteiger partial charge < -0.3 is 14.3 Å². The Morgan fingerprint density at radius 2 is 2.19 bits per heavy atom. The molecule has 0 aliphatic rings. The highest BCUT2D eigenvalue weighted by atomic mass is 16.5. The van der Waals surface area contributed by atoms with Gasteiger partial charge in [-0.15, -0.1) is 0 Å². The fourth-order valence-corrected chi connectivity index (χ4v) is 1.42. The lowest BCUT2D eigenvalue weighted by molar-refractivity contribution is -0.137. The molecule has 88 valence electrons. The molecule has 1 aromatic rings. The second-order valence-electron chi connectivity index (χ2n) is 3.61. The van der Waals surface area contributed by atoms with E-state index < -0.39 is 11.9 Å². The van der Waals surface area contributed by atoms with Crippen LogP contribution in [0.5, 0.6) is 0 Å². The molecule has 1 N–H and O–H groups in total. The summed E-state index contributed by atoms with van der Waals surface area (Å²) in [5.74, 6) is -0.717. The summed E-state index contributed by atoms with van der Waals surface area (Å²) >= 11 is 0. The summed E-state index contributed by atoms with van der Waals surface area (Å²) in [7, 11) is 1.29. The summed E-state index contributed by atoms with van der Waals surface area (Å²) in [6.45, 7) is 3.37. The third-order valence-electron chi connectivity index (χ3n) is 2.31. The second kappa shape index (κ2) is 4.83. The van der Waals surface area contributed by atoms with Gasteiger partial charge in [-0.3, -0.25) is 4.79 Å². The minimum absolute atomic E-state index is 0.0342. The Hall–Kier alpha value is -1.78. The highest BCUT2D eigenvalue weighted by molar-refractivity contribution is 5.90. The summed E-state index contributed by atoms with van der Waals surface area (Å²) in [6.07, 6.45) is -0.0342. The van der Waals surface area contributed by atoms with E-state index in [0.717, 1.165) is 0 Å². The van der Waals surface area contributed by atoms with Crippen molar-refractivity contribution in [2.75, 3.05) is 7.11 Å². The van der Waals surface area contributed by atoms with Gasteiger partial charge in [-0.25, -0.2) is 4.79 Å². The first-order valence-electron chi connectivity index (χ1n) is 4.86. The van der Waals surface area contributed by atoms with Crippen LogP contribution < -0.4 is 0 Å². The molecule has 1 unspecified atom stereocenters. The molecular formula is C11H14O5. The van der Waals surface area contributed by atoms with E-state index in [2.05, 4.69) is 4.74 Å². The zero-order chi connectivity index (χ0) is 12.3. The monoisotopic (exact) mass is 226 g/mol. The van der Waals surface area contributed by atoms with E-state index in [1.165, 1.54) is 13.2 Å². The number of carbonyl (C=O) groups is 2. The number of carbonyl (C=O) groups excluding carboxylic acids is 1. The molecule has 5 heteroatoms. The van der Waals surface area contributed by atoms with E-state index >= 15 is 0 Å². The number of furan rings is 1. The minimum Gasteiger partial charge on any atom is -0.481 e. The summed E-state index contributed by atoms with van der Waals surface area (Å²) in [4.78, 5) is 21.8. The molecule has 1 atom stereocenters. The molecule has 16 heavy (non-hydrogen) atoms. The van der Waals surface area contributed by atoms with Crippen LogP contribution >= 0.6 is 0 Å². The van der Waals surface area contributed by atoms with Crippen molar-refractivity contribution in [2.24, 2.45) is 0 Å². The molecule has 0 aromatic carbocycles. The normalized spacial score (nSPS) is 12.2. The van der Waals surface area contributed by atoms with Crippen molar-refractivity contribution < 1.29 is 23.8 Å². The Morgan fingerprint density at radius 3 is 2.69 bits per heavy atom. The van der Waals surface area contributed by atoms with Crippen LogP contribution in [-0.4, -0.2) is 24.2 Å². The summed E-state index contributed by atoms with van der Waals surface area (Å²) < 4.78 is 9.91. The zero-order valence-electron chi connectivity index (χ0n) is 9.44. The first kappa shape index (κ1) is 12.3. The predicted molar refractivity (Wildman–Crippen MR) is 55.5 cm³/mol. The number of carboxylic acid groups (broad SMARTS) is 1. The Labute approximate surface area is 93.0 Å². The molecule has 0 amide bonds. The zero-order valence-corrected chi connectivity index (χ0v) is 9.44. The van der Waals surface area contributed by atoms with E-state index in [-0.39, 0.29) is 12.3 Å². The number of aliphatic carboxylic acids is 1. The number of carboxylic acids is 1. The average Bonchev–Trinajstić information content (AvgIpc) is 2.58. The average molecular weight is 226 g/mol. The number of ether oxygens (including phenoxy) is 1. The molecular weight excluding hydrogens is 212 g/mol. The van der Waals surface area contributed by atoms with Gasteiger partial charge in [0.1, 0.15) is 17.1 Å². The fourth-order valence-electron chi connectivity index (χ4n) is 1.42. The maximum absolute atomic E-state index is 11.3. The largest absolute Gasteiger partial charge is 0.481 e. The van der Waals surface area contributed by atoms with Crippen molar-refractivity contribution in [1.82, 2.24) is 0 Å². The lowest BCUT2D eigenvalue weighted by Crippen LogP contribution is -2.02. The van der Waals surface area contributed by atoms with Crippen molar-refractivity contribution in [2.45, 2.75) is 26.2 Å². The maximum atomic E-state index is 11.3. The standard InChI is InChI=1S/C11H14O5/c1-6(4-10(12)13)9-5-8(7(2)16-9)11(14)15-3/h5-6H,4H2,1-3H3,(H,12,13). The van der Waals surface area contributed by atoms with Crippen LogP contribution in [0.25, 0.3) is 0 Å². The van der Waals surface area contributed by atoms with Crippen LogP contribution in [0.15, 0.2) is 10.5 Å². The highest BCUT2D eigenvalue weighted by Crippen LogP contribution is 2.25. The van der Waals surface area contributed by atoms with Crippen molar-refractivity contribution in [3.05, 3.63) is 23.2 Å². The lowest BCUT2D eigenvalue weighted by atomic mass is 10.0. The Morgan fingerprint density at radius 1 is 1.56 bits per heavy atom. The van der Waals surface area contributed by atoms with E-state index in [0.29, 0.717) is 17.1 Å². The summed E-state index contributed by atoms with van der Waals surface area (Å²) in [6, 6.07) is 1.54. The molecule has 1 rings (SSSR count). The van der Waals surface area contributed by atoms with Gasteiger partial charge in [0.25, 0.3) is 0 Å². The molecule has 0 aliphatic carbocycles. The van der Waals surface area contributed by atoms with Gasteiger partial charge >= 0.3 is 11.9 Å². The van der Waals surface area contributed by atoms with E-state index in [1.807, 2.05) is 0 Å². The summed E-state index contributed by atoms with van der Waals surface area (Å²) in [5, 5.41) is 8.64. The Kier molecular flexibility index (Phi) is 3.71. The van der Waals surface area contributed by atoms with Crippen molar-refractivity contribution in [1.29, 1.82) is 0 Å². The van der Waals surface area contributed by atoms with Crippen LogP contribution in [0.2, 0.25) is 0 Å². The number of hydrogen-bond donors (Lipinski definition) is 1. The molecule has 1 heterocycles. The SMILES string of the molecule is COC(=O)c1cc(C(C)CC(=O)O)oc1C. The van der Waals surface area contributed by atoms with Gasteiger partial charge in [0.05, 0.1) is 13.5 Å². The number of rotatable bonds is 4. The van der Waals surface area contributed by atoms with Gasteiger partial charge in [0.2, 0.25) is 0 Å². The fraction of sp³-hybridized carbons (Fsp3) is 0.455. The van der Waals surface area contributed by atoms with E-state index in [9.17, 15) is 9.59 Å². The Bertz CT molecular complexity index is 405. The molecule has 0 saturated heterocycles. The van der Waals surface area contributed by atoms with Gasteiger partial charge in [-0.05, 0) is 13.0 Å². The van der Waals surface area contributed by atoms with E-state index in [4.69, 9.17) is 9.52 Å². The maximum Gasteiger partial charge on any atom is 0.341 e.